The summed E-state index contributed by atoms with van der Waals surface area (Å²) in [5.41, 5.74) is 2.94. The molecule has 1 aliphatic rings. The third kappa shape index (κ3) is 4.07. The predicted molar refractivity (Wildman–Crippen MR) is 113 cm³/mol. The summed E-state index contributed by atoms with van der Waals surface area (Å²) in [6, 6.07) is 13.5. The number of aryl methyl sites for hydroxylation is 1. The van der Waals surface area contributed by atoms with Crippen LogP contribution in [0.4, 0.5) is 0 Å². The molecular weight excluding hydrogens is 390 g/mol. The van der Waals surface area contributed by atoms with Crippen LogP contribution in [0.1, 0.15) is 11.4 Å². The van der Waals surface area contributed by atoms with Crippen molar-refractivity contribution in [3.05, 3.63) is 53.9 Å². The maximum atomic E-state index is 11.9. The van der Waals surface area contributed by atoms with Crippen LogP contribution in [0.2, 0.25) is 0 Å². The number of hydrogen-bond donors (Lipinski definition) is 0. The van der Waals surface area contributed by atoms with Crippen LogP contribution in [0, 0.1) is 0 Å². The molecule has 0 saturated heterocycles. The molecule has 8 heteroatoms. The number of carbonyl (C=O) groups is 1. The average Bonchev–Trinajstić information content (AvgIpc) is 3.26. The van der Waals surface area contributed by atoms with E-state index in [1.165, 1.54) is 18.9 Å². The van der Waals surface area contributed by atoms with Gasteiger partial charge in [-0.05, 0) is 36.2 Å². The monoisotopic (exact) mass is 411 g/mol. The number of rotatable bonds is 6. The minimum Gasteiger partial charge on any atom is -0.497 e. The summed E-state index contributed by atoms with van der Waals surface area (Å²) in [4.78, 5) is 20.4. The van der Waals surface area contributed by atoms with Crippen LogP contribution in [-0.4, -0.2) is 40.2 Å². The van der Waals surface area contributed by atoms with E-state index in [1.54, 1.807) is 7.11 Å². The van der Waals surface area contributed by atoms with Gasteiger partial charge in [-0.1, -0.05) is 23.9 Å². The molecule has 3 aromatic rings. The van der Waals surface area contributed by atoms with Gasteiger partial charge in [-0.2, -0.15) is 4.99 Å². The molecule has 1 aromatic heterocycles. The van der Waals surface area contributed by atoms with Crippen molar-refractivity contribution in [3.8, 4) is 11.5 Å². The Morgan fingerprint density at radius 2 is 1.83 bits per heavy atom. The number of ether oxygens (including phenoxy) is 3. The number of aromatic nitrogens is 2. The largest absolute Gasteiger partial charge is 0.497 e. The zero-order chi connectivity index (χ0) is 20.4. The molecule has 2 aromatic carbocycles. The van der Waals surface area contributed by atoms with Crippen molar-refractivity contribution in [2.75, 3.05) is 14.2 Å². The highest BCUT2D eigenvalue weighted by Gasteiger charge is 2.29. The summed E-state index contributed by atoms with van der Waals surface area (Å²) in [5, 5.41) is 0.203. The van der Waals surface area contributed by atoms with E-state index in [4.69, 9.17) is 14.2 Å². The Bertz CT molecular complexity index is 1080. The molecule has 150 valence electrons. The van der Waals surface area contributed by atoms with Gasteiger partial charge in [0.15, 0.2) is 0 Å². The van der Waals surface area contributed by atoms with Gasteiger partial charge in [-0.25, -0.2) is 4.98 Å². The Morgan fingerprint density at radius 1 is 1.07 bits per heavy atom. The number of aliphatic imine (C=N–C) groups is 1. The van der Waals surface area contributed by atoms with Gasteiger partial charge in [0.05, 0.1) is 30.5 Å². The van der Waals surface area contributed by atoms with Gasteiger partial charge in [-0.15, -0.1) is 0 Å². The fraction of sp³-hybridized carbons (Fsp3) is 0.286. The molecule has 0 fully saturated rings. The molecule has 4 rings (SSSR count). The molecule has 1 aliphatic heterocycles. The summed E-state index contributed by atoms with van der Waals surface area (Å²) in [7, 11) is 5.13. The van der Waals surface area contributed by atoms with Gasteiger partial charge < -0.3 is 18.8 Å². The Balaban J connectivity index is 1.39. The van der Waals surface area contributed by atoms with Crippen molar-refractivity contribution in [3.63, 3.8) is 0 Å². The van der Waals surface area contributed by atoms with Gasteiger partial charge in [0.25, 0.3) is 11.1 Å². The number of nitrogens with zero attached hydrogens (tertiary/aromatic N) is 3. The van der Waals surface area contributed by atoms with Crippen molar-refractivity contribution >= 4 is 33.9 Å². The number of methoxy groups -OCH3 is 2. The first kappa shape index (κ1) is 19.3. The fourth-order valence-electron chi connectivity index (χ4n) is 3.14. The molecule has 1 unspecified atom stereocenters. The Morgan fingerprint density at radius 3 is 2.52 bits per heavy atom. The minimum atomic E-state index is -0.228. The lowest BCUT2D eigenvalue weighted by atomic mass is 10.1. The lowest BCUT2D eigenvalue weighted by Gasteiger charge is -2.09. The molecule has 0 bridgehead atoms. The maximum absolute atomic E-state index is 11.9. The molecule has 1 atom stereocenters. The number of amides is 1. The van der Waals surface area contributed by atoms with E-state index >= 15 is 0 Å². The maximum Gasteiger partial charge on any atom is 0.263 e. The van der Waals surface area contributed by atoms with E-state index in [0.717, 1.165) is 33.9 Å². The zero-order valence-electron chi connectivity index (χ0n) is 16.4. The quantitative estimate of drug-likeness (QED) is 0.619. The molecule has 0 spiro atoms. The number of benzene rings is 2. The lowest BCUT2D eigenvalue weighted by molar-refractivity contribution is -0.117. The van der Waals surface area contributed by atoms with Gasteiger partial charge in [0.2, 0.25) is 0 Å². The number of imidazole rings is 1. The number of hydrogen-bond acceptors (Lipinski definition) is 6. The average molecular weight is 411 g/mol. The van der Waals surface area contributed by atoms with E-state index in [0.29, 0.717) is 18.3 Å². The van der Waals surface area contributed by atoms with Gasteiger partial charge in [0, 0.05) is 13.1 Å². The number of thioether (sulfide) groups is 1. The van der Waals surface area contributed by atoms with E-state index in [-0.39, 0.29) is 11.2 Å². The third-order valence-corrected chi connectivity index (χ3v) is 5.90. The van der Waals surface area contributed by atoms with Crippen LogP contribution in [0.3, 0.4) is 0 Å². The number of carbonyl (C=O) groups excluding carboxylic acids is 1. The van der Waals surface area contributed by atoms with Crippen molar-refractivity contribution in [2.24, 2.45) is 12.0 Å². The van der Waals surface area contributed by atoms with E-state index < -0.39 is 0 Å². The second kappa shape index (κ2) is 8.16. The fourth-order valence-corrected chi connectivity index (χ4v) is 4.05. The smallest absolute Gasteiger partial charge is 0.263 e. The van der Waals surface area contributed by atoms with E-state index in [2.05, 4.69) is 9.98 Å². The van der Waals surface area contributed by atoms with Gasteiger partial charge >= 0.3 is 0 Å². The van der Waals surface area contributed by atoms with E-state index in [1.807, 2.05) is 54.1 Å². The summed E-state index contributed by atoms with van der Waals surface area (Å²) >= 11 is 1.36. The van der Waals surface area contributed by atoms with Crippen molar-refractivity contribution in [1.29, 1.82) is 0 Å². The van der Waals surface area contributed by atoms with Crippen molar-refractivity contribution in [2.45, 2.75) is 18.3 Å². The molecule has 29 heavy (non-hydrogen) atoms. The highest BCUT2D eigenvalue weighted by molar-refractivity contribution is 8.15. The first-order valence-corrected chi connectivity index (χ1v) is 9.99. The lowest BCUT2D eigenvalue weighted by Crippen LogP contribution is -2.13. The van der Waals surface area contributed by atoms with Crippen LogP contribution in [0.25, 0.3) is 11.0 Å². The van der Waals surface area contributed by atoms with Crippen LogP contribution >= 0.6 is 11.8 Å². The van der Waals surface area contributed by atoms with Crippen LogP contribution in [0.5, 0.6) is 11.5 Å². The Labute approximate surface area is 172 Å². The second-order valence-corrected chi connectivity index (χ2v) is 7.76. The third-order valence-electron chi connectivity index (χ3n) is 4.79. The molecule has 0 aliphatic carbocycles. The summed E-state index contributed by atoms with van der Waals surface area (Å²) in [6.07, 6.45) is 0.604. The molecule has 2 heterocycles. The first-order valence-electron chi connectivity index (χ1n) is 9.11. The zero-order valence-corrected chi connectivity index (χ0v) is 17.2. The highest BCUT2D eigenvalue weighted by Crippen LogP contribution is 2.27. The van der Waals surface area contributed by atoms with Gasteiger partial charge in [-0.3, -0.25) is 4.79 Å². The highest BCUT2D eigenvalue weighted by atomic mass is 32.2. The molecule has 0 radical (unpaired) electrons. The molecule has 7 nitrogen and oxygen atoms in total. The topological polar surface area (TPSA) is 74.9 Å². The summed E-state index contributed by atoms with van der Waals surface area (Å²) in [6.45, 7) is 0.356. The van der Waals surface area contributed by atoms with Gasteiger partial charge in [0.1, 0.15) is 23.9 Å². The minimum absolute atomic E-state index is 0.148. The Hall–Kier alpha value is -3.00. The van der Waals surface area contributed by atoms with E-state index in [9.17, 15) is 4.79 Å². The van der Waals surface area contributed by atoms with Crippen LogP contribution in [0.15, 0.2) is 47.5 Å². The normalized spacial score (nSPS) is 16.2. The van der Waals surface area contributed by atoms with Crippen LogP contribution in [-0.2, 0) is 29.6 Å². The Kier molecular flexibility index (Phi) is 5.44. The SMILES string of the molecule is COC1=NC(=O)C(Cc2ccc(OCc3nc4ccc(OC)cc4n3C)cc2)S1. The standard InChI is InChI=1S/C21H21N3O4S/c1-24-17-11-15(26-2)8-9-16(17)22-19(24)12-28-14-6-4-13(5-7-14)10-18-20(25)23-21(27-3)29-18/h4-9,11,18H,10,12H2,1-3H3. The molecule has 0 saturated carbocycles. The van der Waals surface area contributed by atoms with Crippen molar-refractivity contribution < 1.29 is 19.0 Å². The second-order valence-electron chi connectivity index (χ2n) is 6.61. The van der Waals surface area contributed by atoms with Crippen LogP contribution < -0.4 is 9.47 Å². The van der Waals surface area contributed by atoms with Crippen molar-refractivity contribution in [1.82, 2.24) is 9.55 Å². The first-order chi connectivity index (χ1) is 14.1. The molecular formula is C21H21N3O4S. The number of fused-ring (bicyclic) bond motifs is 1. The molecule has 1 amide bonds. The predicted octanol–water partition coefficient (Wildman–Crippen LogP) is 3.35. The summed E-state index contributed by atoms with van der Waals surface area (Å²) < 4.78 is 18.2. The summed E-state index contributed by atoms with van der Waals surface area (Å²) in [5.74, 6) is 2.23. The molecule has 0 N–H and O–H groups in total.